The van der Waals surface area contributed by atoms with E-state index >= 15 is 0 Å². The normalized spacial score (nSPS) is 15.2. The molecule has 0 spiro atoms. The molecule has 135 valence electrons. The Bertz CT molecular complexity index is 938. The molecule has 2 nitrogen and oxygen atoms in total. The maximum absolute atomic E-state index is 13.3. The van der Waals surface area contributed by atoms with Gasteiger partial charge in [-0.25, -0.2) is 0 Å². The summed E-state index contributed by atoms with van der Waals surface area (Å²) in [7, 11) is 0. The minimum absolute atomic E-state index is 0.160. The number of H-pyrrole nitrogens is 1. The number of hydrogen-bond acceptors (Lipinski definition) is 1. The molecule has 1 aliphatic carbocycles. The van der Waals surface area contributed by atoms with Gasteiger partial charge < -0.3 is 9.72 Å². The molecule has 0 amide bonds. The first-order chi connectivity index (χ1) is 12.4. The van der Waals surface area contributed by atoms with Crippen LogP contribution in [0.4, 0.5) is 13.2 Å². The molecule has 0 unspecified atom stereocenters. The largest absolute Gasteiger partial charge is 0.456 e. The lowest BCUT2D eigenvalue weighted by Gasteiger charge is -2.24. The number of fused-ring (bicyclic) bond motifs is 1. The van der Waals surface area contributed by atoms with Crippen molar-refractivity contribution in [2.45, 2.75) is 38.8 Å². The maximum atomic E-state index is 13.3. The number of aromatic amines is 1. The number of halogens is 3. The maximum Gasteiger partial charge on any atom is 0.420 e. The number of rotatable bonds is 4. The lowest BCUT2D eigenvalue weighted by Crippen LogP contribution is -2.13. The Labute approximate surface area is 150 Å². The number of nitrogens with one attached hydrogen (secondary N) is 1. The predicted octanol–water partition coefficient (Wildman–Crippen LogP) is 6.43. The number of ether oxygens (including phenoxy) is 1. The van der Waals surface area contributed by atoms with Gasteiger partial charge in [-0.3, -0.25) is 0 Å². The monoisotopic (exact) mass is 358 g/mol. The van der Waals surface area contributed by atoms with E-state index in [0.717, 1.165) is 23.4 Å². The minimum atomic E-state index is -4.48. The van der Waals surface area contributed by atoms with Crippen molar-refractivity contribution in [3.8, 4) is 11.5 Å². The van der Waals surface area contributed by atoms with Crippen LogP contribution in [0, 0.1) is 18.9 Å². The van der Waals surface area contributed by atoms with Crippen LogP contribution in [0.5, 0.6) is 11.5 Å². The van der Waals surface area contributed by atoms with Gasteiger partial charge in [0.05, 0.1) is 5.56 Å². The van der Waals surface area contributed by atoms with E-state index in [9.17, 15) is 13.2 Å². The van der Waals surface area contributed by atoms with Crippen LogP contribution in [0.25, 0.3) is 10.9 Å². The molecule has 1 aromatic heterocycles. The highest BCUT2D eigenvalue weighted by Crippen LogP contribution is 2.40. The molecular formula is C21H19F3NO. The molecule has 3 aromatic rings. The highest BCUT2D eigenvalue weighted by atomic mass is 19.4. The van der Waals surface area contributed by atoms with E-state index in [0.29, 0.717) is 17.2 Å². The summed E-state index contributed by atoms with van der Waals surface area (Å²) in [5, 5.41) is 1.02. The summed E-state index contributed by atoms with van der Waals surface area (Å²) in [5.41, 5.74) is 1.77. The van der Waals surface area contributed by atoms with Crippen LogP contribution >= 0.6 is 0 Å². The SMILES string of the molecule is Cc1c[c]cc(C(F)(F)F)c1Oc1ccc2[nH]cc(CC3CCC3)c2c1. The smallest absolute Gasteiger partial charge is 0.420 e. The molecule has 1 saturated carbocycles. The van der Waals surface area contributed by atoms with Gasteiger partial charge in [-0.2, -0.15) is 13.2 Å². The summed E-state index contributed by atoms with van der Waals surface area (Å²) >= 11 is 0. The van der Waals surface area contributed by atoms with Crippen molar-refractivity contribution in [3.05, 3.63) is 59.3 Å². The summed E-state index contributed by atoms with van der Waals surface area (Å²) in [6.07, 6.45) is 2.29. The number of aromatic nitrogens is 1. The van der Waals surface area contributed by atoms with Gasteiger partial charge in [0, 0.05) is 17.1 Å². The van der Waals surface area contributed by atoms with E-state index in [-0.39, 0.29) is 5.75 Å². The zero-order valence-electron chi connectivity index (χ0n) is 14.4. The Morgan fingerprint density at radius 2 is 2.04 bits per heavy atom. The van der Waals surface area contributed by atoms with Crippen LogP contribution < -0.4 is 4.74 Å². The van der Waals surface area contributed by atoms with Gasteiger partial charge in [0.2, 0.25) is 0 Å². The van der Waals surface area contributed by atoms with E-state index < -0.39 is 11.7 Å². The third-order valence-corrected chi connectivity index (χ3v) is 5.13. The van der Waals surface area contributed by atoms with Gasteiger partial charge in [-0.15, -0.1) is 0 Å². The van der Waals surface area contributed by atoms with Crippen LogP contribution in [-0.2, 0) is 12.6 Å². The van der Waals surface area contributed by atoms with E-state index in [1.807, 2.05) is 18.3 Å². The standard InChI is InChI=1S/C21H19F3NO/c1-13-4-2-7-18(21(22,23)24)20(13)26-16-8-9-19-17(11-16)15(12-25-19)10-14-5-3-6-14/h4,7-9,11-12,14,25H,3,5-6,10H2,1H3. The Morgan fingerprint density at radius 1 is 1.23 bits per heavy atom. The summed E-state index contributed by atoms with van der Waals surface area (Å²) in [6.45, 7) is 1.60. The molecule has 0 saturated heterocycles. The third kappa shape index (κ3) is 3.18. The van der Waals surface area contributed by atoms with Gasteiger partial charge >= 0.3 is 6.18 Å². The lowest BCUT2D eigenvalue weighted by molar-refractivity contribution is -0.138. The zero-order chi connectivity index (χ0) is 18.3. The molecular weight excluding hydrogens is 339 g/mol. The Hall–Kier alpha value is -2.43. The number of benzene rings is 2. The van der Waals surface area contributed by atoms with Crippen molar-refractivity contribution < 1.29 is 17.9 Å². The van der Waals surface area contributed by atoms with Crippen LogP contribution in [0.3, 0.4) is 0 Å². The topological polar surface area (TPSA) is 25.0 Å². The fraction of sp³-hybridized carbons (Fsp3) is 0.333. The van der Waals surface area contributed by atoms with E-state index in [1.54, 1.807) is 13.0 Å². The Morgan fingerprint density at radius 3 is 2.73 bits per heavy atom. The van der Waals surface area contributed by atoms with Crippen molar-refractivity contribution in [1.82, 2.24) is 4.98 Å². The zero-order valence-corrected chi connectivity index (χ0v) is 14.4. The fourth-order valence-corrected chi connectivity index (χ4v) is 3.46. The van der Waals surface area contributed by atoms with Gasteiger partial charge in [0.25, 0.3) is 0 Å². The van der Waals surface area contributed by atoms with E-state index in [4.69, 9.17) is 4.74 Å². The van der Waals surface area contributed by atoms with E-state index in [1.165, 1.54) is 30.9 Å². The highest BCUT2D eigenvalue weighted by Gasteiger charge is 2.35. The molecule has 1 fully saturated rings. The number of alkyl halides is 3. The summed E-state index contributed by atoms with van der Waals surface area (Å²) < 4.78 is 45.5. The summed E-state index contributed by atoms with van der Waals surface area (Å²) in [6, 6.07) is 10.3. The highest BCUT2D eigenvalue weighted by molar-refractivity contribution is 5.84. The average Bonchev–Trinajstić information content (AvgIpc) is 2.94. The molecule has 1 aliphatic rings. The first-order valence-corrected chi connectivity index (χ1v) is 8.77. The molecule has 1 radical (unpaired) electrons. The second-order valence-corrected chi connectivity index (χ2v) is 7.00. The minimum Gasteiger partial charge on any atom is -0.456 e. The van der Waals surface area contributed by atoms with Gasteiger partial charge in [0.15, 0.2) is 0 Å². The van der Waals surface area contributed by atoms with Crippen molar-refractivity contribution in [1.29, 1.82) is 0 Å². The molecule has 1 heterocycles. The Kier molecular flexibility index (Phi) is 4.17. The van der Waals surface area contributed by atoms with Crippen molar-refractivity contribution in [2.24, 2.45) is 5.92 Å². The van der Waals surface area contributed by atoms with E-state index in [2.05, 4.69) is 11.1 Å². The first kappa shape index (κ1) is 17.0. The second-order valence-electron chi connectivity index (χ2n) is 7.00. The molecule has 26 heavy (non-hydrogen) atoms. The lowest BCUT2D eigenvalue weighted by atomic mass is 9.81. The predicted molar refractivity (Wildman–Crippen MR) is 94.4 cm³/mol. The second kappa shape index (κ2) is 6.38. The van der Waals surface area contributed by atoms with Crippen molar-refractivity contribution in [3.63, 3.8) is 0 Å². The number of hydrogen-bond donors (Lipinski definition) is 1. The van der Waals surface area contributed by atoms with Crippen LogP contribution in [0.2, 0.25) is 0 Å². The van der Waals surface area contributed by atoms with Crippen LogP contribution in [0.15, 0.2) is 36.5 Å². The summed E-state index contributed by atoms with van der Waals surface area (Å²) in [5.74, 6) is 0.959. The molecule has 2 aromatic carbocycles. The third-order valence-electron chi connectivity index (χ3n) is 5.13. The number of aryl methyl sites for hydroxylation is 1. The van der Waals surface area contributed by atoms with Gasteiger partial charge in [0.1, 0.15) is 11.5 Å². The molecule has 1 N–H and O–H groups in total. The van der Waals surface area contributed by atoms with Crippen LogP contribution in [-0.4, -0.2) is 4.98 Å². The van der Waals surface area contributed by atoms with Crippen molar-refractivity contribution >= 4 is 10.9 Å². The molecule has 0 bridgehead atoms. The Balaban J connectivity index is 1.69. The van der Waals surface area contributed by atoms with Gasteiger partial charge in [-0.05, 0) is 66.8 Å². The van der Waals surface area contributed by atoms with Gasteiger partial charge in [-0.1, -0.05) is 19.3 Å². The first-order valence-electron chi connectivity index (χ1n) is 8.77. The van der Waals surface area contributed by atoms with Crippen LogP contribution in [0.1, 0.15) is 36.0 Å². The molecule has 0 atom stereocenters. The summed E-state index contributed by atoms with van der Waals surface area (Å²) in [4.78, 5) is 3.24. The fourth-order valence-electron chi connectivity index (χ4n) is 3.46. The molecule has 5 heteroatoms. The van der Waals surface area contributed by atoms with Crippen molar-refractivity contribution in [2.75, 3.05) is 0 Å². The average molecular weight is 358 g/mol. The molecule has 0 aliphatic heterocycles. The molecule has 4 rings (SSSR count). The quantitative estimate of drug-likeness (QED) is 0.571.